The van der Waals surface area contributed by atoms with E-state index in [-0.39, 0.29) is 35.3 Å². The Bertz CT molecular complexity index is 944. The molecule has 3 rings (SSSR count). The fraction of sp³-hybridized carbons (Fsp3) is 0.708. The molecule has 0 bridgehead atoms. The number of ether oxygens (including phenoxy) is 2. The molecule has 2 heterocycles. The topological polar surface area (TPSA) is 108 Å². The van der Waals surface area contributed by atoms with Gasteiger partial charge in [-0.2, -0.15) is 0 Å². The van der Waals surface area contributed by atoms with Crippen LogP contribution in [0.4, 0.5) is 0 Å². The van der Waals surface area contributed by atoms with Crippen molar-refractivity contribution in [3.8, 4) is 5.75 Å². The highest BCUT2D eigenvalue weighted by Crippen LogP contribution is 2.36. The Kier molecular flexibility index (Phi) is 8.97. The van der Waals surface area contributed by atoms with Crippen LogP contribution < -0.4 is 9.46 Å². The Morgan fingerprint density at radius 2 is 2.03 bits per heavy atom. The lowest BCUT2D eigenvalue weighted by Crippen LogP contribution is -2.52. The Morgan fingerprint density at radius 1 is 1.32 bits per heavy atom. The largest absolute Gasteiger partial charge is 0.492 e. The smallest absolute Gasteiger partial charge is 0.248 e. The number of sulfonamides is 1. The maximum atomic E-state index is 13.0. The third-order valence-corrected chi connectivity index (χ3v) is 8.16. The van der Waals surface area contributed by atoms with Crippen LogP contribution in [0.25, 0.3) is 0 Å². The molecule has 1 fully saturated rings. The van der Waals surface area contributed by atoms with Gasteiger partial charge < -0.3 is 24.4 Å². The SMILES string of the molecule is CCOCC(=O)N1CCC2(CC1)COc1cc(C(C)C)ccc1S(=O)(=O)NCC(O)CN(C)C2. The van der Waals surface area contributed by atoms with E-state index in [0.717, 1.165) is 18.4 Å². The van der Waals surface area contributed by atoms with E-state index in [0.29, 0.717) is 45.1 Å². The summed E-state index contributed by atoms with van der Waals surface area (Å²) in [6.07, 6.45) is 0.591. The van der Waals surface area contributed by atoms with E-state index in [1.165, 1.54) is 0 Å². The molecule has 1 spiro atoms. The Labute approximate surface area is 203 Å². The molecule has 1 aromatic carbocycles. The van der Waals surface area contributed by atoms with Crippen molar-refractivity contribution in [3.63, 3.8) is 0 Å². The zero-order valence-corrected chi connectivity index (χ0v) is 21.6. The number of piperidine rings is 1. The van der Waals surface area contributed by atoms with Crippen molar-refractivity contribution in [2.24, 2.45) is 5.41 Å². The van der Waals surface area contributed by atoms with Gasteiger partial charge in [-0.15, -0.1) is 0 Å². The Morgan fingerprint density at radius 3 is 2.68 bits per heavy atom. The first-order valence-electron chi connectivity index (χ1n) is 12.0. The fourth-order valence-electron chi connectivity index (χ4n) is 4.65. The van der Waals surface area contributed by atoms with E-state index in [2.05, 4.69) is 4.72 Å². The van der Waals surface area contributed by atoms with E-state index in [4.69, 9.17) is 9.47 Å². The number of nitrogens with zero attached hydrogens (tertiary/aromatic N) is 2. The molecular formula is C24H39N3O6S. The van der Waals surface area contributed by atoms with Gasteiger partial charge in [0.25, 0.3) is 0 Å². The standard InChI is InChI=1S/C24H39N3O6S/c1-5-32-15-23(29)27-10-8-24(9-11-27)16-26(4)14-20(28)13-25-34(30,31)22-7-6-19(18(2)3)12-21(22)33-17-24/h6-7,12,18,20,25,28H,5,8-11,13-17H2,1-4H3. The Balaban J connectivity index is 1.89. The number of aliphatic hydroxyl groups is 1. The van der Waals surface area contributed by atoms with Gasteiger partial charge in [-0.05, 0) is 50.4 Å². The second kappa shape index (κ2) is 11.3. The van der Waals surface area contributed by atoms with Gasteiger partial charge in [0.15, 0.2) is 0 Å². The number of amides is 1. The summed E-state index contributed by atoms with van der Waals surface area (Å²) in [4.78, 5) is 16.4. The van der Waals surface area contributed by atoms with E-state index in [1.807, 2.05) is 37.6 Å². The van der Waals surface area contributed by atoms with Crippen molar-refractivity contribution in [2.75, 3.05) is 59.6 Å². The molecule has 2 aliphatic heterocycles. The maximum absolute atomic E-state index is 13.0. The summed E-state index contributed by atoms with van der Waals surface area (Å²) in [6, 6.07) is 5.19. The van der Waals surface area contributed by atoms with Crippen LogP contribution >= 0.6 is 0 Å². The number of carbonyl (C=O) groups excluding carboxylic acids is 1. The predicted octanol–water partition coefficient (Wildman–Crippen LogP) is 1.42. The molecule has 0 saturated carbocycles. The van der Waals surface area contributed by atoms with Crippen LogP contribution in [0.15, 0.2) is 23.1 Å². The maximum Gasteiger partial charge on any atom is 0.248 e. The van der Waals surface area contributed by atoms with Crippen molar-refractivity contribution >= 4 is 15.9 Å². The van der Waals surface area contributed by atoms with E-state index >= 15 is 0 Å². The second-order valence-corrected chi connectivity index (χ2v) is 11.6. The highest BCUT2D eigenvalue weighted by atomic mass is 32.2. The normalized spacial score (nSPS) is 23.6. The van der Waals surface area contributed by atoms with Gasteiger partial charge >= 0.3 is 0 Å². The molecule has 192 valence electrons. The van der Waals surface area contributed by atoms with Gasteiger partial charge in [0.1, 0.15) is 17.3 Å². The van der Waals surface area contributed by atoms with Gasteiger partial charge in [-0.3, -0.25) is 4.79 Å². The number of rotatable bonds is 4. The lowest BCUT2D eigenvalue weighted by molar-refractivity contribution is -0.139. The number of hydrogen-bond donors (Lipinski definition) is 2. The number of β-amino-alcohol motifs (C(OH)–C–C–N with tert-alkyl or cyclic N) is 1. The summed E-state index contributed by atoms with van der Waals surface area (Å²) >= 11 is 0. The van der Waals surface area contributed by atoms with Crippen LogP contribution in [0, 0.1) is 5.41 Å². The summed E-state index contributed by atoms with van der Waals surface area (Å²) in [7, 11) is -1.93. The summed E-state index contributed by atoms with van der Waals surface area (Å²) < 4.78 is 40.1. The molecule has 1 aromatic rings. The molecule has 0 aliphatic carbocycles. The number of likely N-dealkylation sites (tertiary alicyclic amines) is 1. The van der Waals surface area contributed by atoms with Crippen LogP contribution in [0.2, 0.25) is 0 Å². The minimum Gasteiger partial charge on any atom is -0.492 e. The van der Waals surface area contributed by atoms with Crippen molar-refractivity contribution in [1.29, 1.82) is 0 Å². The molecule has 1 amide bonds. The highest BCUT2D eigenvalue weighted by Gasteiger charge is 2.39. The monoisotopic (exact) mass is 497 g/mol. The van der Waals surface area contributed by atoms with Gasteiger partial charge in [0, 0.05) is 44.7 Å². The minimum absolute atomic E-state index is 0.0152. The number of benzene rings is 1. The number of aliphatic hydroxyl groups excluding tert-OH is 1. The first-order valence-corrected chi connectivity index (χ1v) is 13.5. The number of nitrogens with one attached hydrogen (secondary N) is 1. The summed E-state index contributed by atoms with van der Waals surface area (Å²) in [5, 5.41) is 10.5. The van der Waals surface area contributed by atoms with Crippen LogP contribution in [0.1, 0.15) is 45.1 Å². The van der Waals surface area contributed by atoms with Crippen molar-refractivity contribution in [3.05, 3.63) is 23.8 Å². The third kappa shape index (κ3) is 6.69. The predicted molar refractivity (Wildman–Crippen MR) is 129 cm³/mol. The zero-order chi connectivity index (χ0) is 24.9. The number of hydrogen-bond acceptors (Lipinski definition) is 7. The summed E-state index contributed by atoms with van der Waals surface area (Å²) in [5.74, 6) is 0.525. The fourth-order valence-corrected chi connectivity index (χ4v) is 5.85. The first-order chi connectivity index (χ1) is 16.0. The molecule has 1 saturated heterocycles. The van der Waals surface area contributed by atoms with Crippen molar-refractivity contribution < 1.29 is 27.8 Å². The molecule has 9 nitrogen and oxygen atoms in total. The number of carbonyl (C=O) groups is 1. The molecule has 1 atom stereocenters. The molecule has 0 aromatic heterocycles. The lowest BCUT2D eigenvalue weighted by Gasteiger charge is -2.44. The number of fused-ring (bicyclic) bond motifs is 1. The van der Waals surface area contributed by atoms with Gasteiger partial charge in [-0.1, -0.05) is 19.9 Å². The van der Waals surface area contributed by atoms with Crippen LogP contribution in [-0.4, -0.2) is 94.9 Å². The summed E-state index contributed by atoms with van der Waals surface area (Å²) in [5.41, 5.74) is 0.710. The summed E-state index contributed by atoms with van der Waals surface area (Å²) in [6.45, 7) is 8.97. The van der Waals surface area contributed by atoms with Crippen LogP contribution in [0.3, 0.4) is 0 Å². The van der Waals surface area contributed by atoms with Crippen LogP contribution in [-0.2, 0) is 19.6 Å². The molecule has 0 radical (unpaired) electrons. The van der Waals surface area contributed by atoms with Crippen LogP contribution in [0.5, 0.6) is 5.75 Å². The molecule has 2 aliphatic rings. The average Bonchev–Trinajstić information content (AvgIpc) is 2.79. The molecule has 10 heteroatoms. The lowest BCUT2D eigenvalue weighted by atomic mass is 9.78. The quantitative estimate of drug-likeness (QED) is 0.648. The van der Waals surface area contributed by atoms with Crippen molar-refractivity contribution in [2.45, 2.75) is 50.5 Å². The number of likely N-dealkylation sites (N-methyl/N-ethyl adjacent to an activating group) is 1. The molecular weight excluding hydrogens is 458 g/mol. The van der Waals surface area contributed by atoms with E-state index in [1.54, 1.807) is 18.2 Å². The molecule has 1 unspecified atom stereocenters. The highest BCUT2D eigenvalue weighted by molar-refractivity contribution is 7.89. The minimum atomic E-state index is -3.85. The van der Waals surface area contributed by atoms with E-state index in [9.17, 15) is 18.3 Å². The van der Waals surface area contributed by atoms with Gasteiger partial charge in [-0.25, -0.2) is 13.1 Å². The van der Waals surface area contributed by atoms with Gasteiger partial charge in [0.05, 0.1) is 12.7 Å². The Hall–Kier alpha value is -1.72. The zero-order valence-electron chi connectivity index (χ0n) is 20.7. The second-order valence-electron chi connectivity index (χ2n) is 9.87. The first kappa shape index (κ1) is 26.9. The third-order valence-electron chi connectivity index (χ3n) is 6.70. The average molecular weight is 498 g/mol. The van der Waals surface area contributed by atoms with E-state index < -0.39 is 16.1 Å². The van der Waals surface area contributed by atoms with Crippen molar-refractivity contribution in [1.82, 2.24) is 14.5 Å². The van der Waals surface area contributed by atoms with Gasteiger partial charge in [0.2, 0.25) is 15.9 Å². The molecule has 34 heavy (non-hydrogen) atoms. The molecule has 2 N–H and O–H groups in total.